The van der Waals surface area contributed by atoms with Crippen LogP contribution in [0.3, 0.4) is 0 Å². The first-order valence-corrected chi connectivity index (χ1v) is 9.98. The van der Waals surface area contributed by atoms with Gasteiger partial charge in [0.05, 0.1) is 11.1 Å². The molecule has 150 valence electrons. The lowest BCUT2D eigenvalue weighted by Crippen LogP contribution is -2.29. The second kappa shape index (κ2) is 7.67. The Hall–Kier alpha value is -3.19. The summed E-state index contributed by atoms with van der Waals surface area (Å²) >= 11 is 0. The van der Waals surface area contributed by atoms with Gasteiger partial charge in [-0.1, -0.05) is 19.9 Å². The molecule has 0 radical (unpaired) electrons. The van der Waals surface area contributed by atoms with Crippen LogP contribution in [0.25, 0.3) is 21.8 Å². The molecular weight excluding hydrogens is 368 g/mol. The maximum Gasteiger partial charge on any atom is 0.259 e. The van der Waals surface area contributed by atoms with E-state index in [0.29, 0.717) is 28.6 Å². The number of aromatic nitrogens is 1. The molecule has 0 spiro atoms. The molecule has 0 atom stereocenters. The molecule has 2 aromatic carbocycles. The van der Waals surface area contributed by atoms with E-state index in [9.17, 15) is 14.4 Å². The van der Waals surface area contributed by atoms with Crippen LogP contribution in [0.5, 0.6) is 0 Å². The molecule has 0 bridgehead atoms. The van der Waals surface area contributed by atoms with Crippen molar-refractivity contribution < 1.29 is 14.4 Å². The number of hydrogen-bond donors (Lipinski definition) is 3. The minimum absolute atomic E-state index is 0.122. The van der Waals surface area contributed by atoms with E-state index >= 15 is 0 Å². The van der Waals surface area contributed by atoms with Crippen LogP contribution in [0.15, 0.2) is 30.3 Å². The molecule has 29 heavy (non-hydrogen) atoms. The van der Waals surface area contributed by atoms with Gasteiger partial charge in [-0.3, -0.25) is 19.7 Å². The molecule has 3 aromatic rings. The molecule has 1 aliphatic heterocycles. The van der Waals surface area contributed by atoms with Gasteiger partial charge in [-0.15, -0.1) is 0 Å². The van der Waals surface area contributed by atoms with Crippen LogP contribution in [0.1, 0.15) is 51.3 Å². The van der Waals surface area contributed by atoms with Gasteiger partial charge in [-0.25, -0.2) is 0 Å². The van der Waals surface area contributed by atoms with Crippen LogP contribution >= 0.6 is 0 Å². The van der Waals surface area contributed by atoms with Crippen molar-refractivity contribution >= 4 is 39.5 Å². The molecule has 3 amide bonds. The molecule has 0 aliphatic carbocycles. The molecule has 3 N–H and O–H groups in total. The van der Waals surface area contributed by atoms with Crippen molar-refractivity contribution in [3.05, 3.63) is 47.0 Å². The lowest BCUT2D eigenvalue weighted by atomic mass is 10.0. The number of aromatic amines is 1. The molecule has 0 saturated heterocycles. The van der Waals surface area contributed by atoms with Crippen molar-refractivity contribution in [2.24, 2.45) is 0 Å². The van der Waals surface area contributed by atoms with Gasteiger partial charge in [0.1, 0.15) is 0 Å². The Bertz CT molecular complexity index is 1130. The summed E-state index contributed by atoms with van der Waals surface area (Å²) < 4.78 is 0. The summed E-state index contributed by atoms with van der Waals surface area (Å²) in [6.45, 7) is 7.86. The first-order chi connectivity index (χ1) is 14.0. The number of fused-ring (bicyclic) bond motifs is 5. The maximum absolute atomic E-state index is 12.5. The highest BCUT2D eigenvalue weighted by Gasteiger charge is 2.30. The number of carbonyl (C=O) groups excluding carboxylic acids is 3. The highest BCUT2D eigenvalue weighted by Crippen LogP contribution is 2.33. The molecule has 0 fully saturated rings. The number of nitrogens with zero attached hydrogens (tertiary/aromatic N) is 1. The van der Waals surface area contributed by atoms with Gasteiger partial charge in [-0.05, 0) is 50.3 Å². The number of hydrogen-bond acceptors (Lipinski definition) is 4. The number of imide groups is 1. The summed E-state index contributed by atoms with van der Waals surface area (Å²) in [5.41, 5.74) is 2.87. The van der Waals surface area contributed by atoms with Gasteiger partial charge in [0, 0.05) is 33.9 Å². The third kappa shape index (κ3) is 3.38. The van der Waals surface area contributed by atoms with Crippen LogP contribution in [-0.4, -0.2) is 53.8 Å². The van der Waals surface area contributed by atoms with E-state index in [0.717, 1.165) is 42.5 Å². The predicted octanol–water partition coefficient (Wildman–Crippen LogP) is 2.67. The first kappa shape index (κ1) is 19.1. The monoisotopic (exact) mass is 392 g/mol. The van der Waals surface area contributed by atoms with Crippen LogP contribution in [0.2, 0.25) is 0 Å². The second-order valence-electron chi connectivity index (χ2n) is 7.22. The van der Waals surface area contributed by atoms with E-state index in [1.54, 1.807) is 24.3 Å². The van der Waals surface area contributed by atoms with Gasteiger partial charge in [0.25, 0.3) is 17.7 Å². The Morgan fingerprint density at radius 3 is 2.59 bits per heavy atom. The standard InChI is InChI=1S/C22H24N4O3/c1-3-26(4-2)11-5-10-23-20(27)13-6-7-14-17(12-13)24-16-9-8-15-19(18(14)16)22(29)25-21(15)28/h6-9,12,24H,3-5,10-11H2,1-2H3,(H,23,27)(H,25,28,29). The molecule has 0 unspecified atom stereocenters. The lowest BCUT2D eigenvalue weighted by molar-refractivity contribution is 0.0878. The van der Waals surface area contributed by atoms with E-state index in [1.165, 1.54) is 0 Å². The van der Waals surface area contributed by atoms with E-state index in [2.05, 4.69) is 34.4 Å². The lowest BCUT2D eigenvalue weighted by Gasteiger charge is -2.17. The number of nitrogens with one attached hydrogen (secondary N) is 3. The summed E-state index contributed by atoms with van der Waals surface area (Å²) in [5.74, 6) is -0.878. The topological polar surface area (TPSA) is 94.3 Å². The van der Waals surface area contributed by atoms with Gasteiger partial charge >= 0.3 is 0 Å². The second-order valence-corrected chi connectivity index (χ2v) is 7.22. The maximum atomic E-state index is 12.5. The molecule has 2 heterocycles. The zero-order valence-electron chi connectivity index (χ0n) is 16.6. The van der Waals surface area contributed by atoms with Crippen molar-refractivity contribution in [1.29, 1.82) is 0 Å². The number of benzene rings is 2. The van der Waals surface area contributed by atoms with E-state index < -0.39 is 0 Å². The first-order valence-electron chi connectivity index (χ1n) is 9.98. The van der Waals surface area contributed by atoms with E-state index in [-0.39, 0.29) is 17.7 Å². The molecule has 0 saturated carbocycles. The van der Waals surface area contributed by atoms with Crippen LogP contribution in [0, 0.1) is 0 Å². The third-order valence-electron chi connectivity index (χ3n) is 5.56. The van der Waals surface area contributed by atoms with Crippen molar-refractivity contribution in [3.63, 3.8) is 0 Å². The van der Waals surface area contributed by atoms with Gasteiger partial charge in [-0.2, -0.15) is 0 Å². The minimum Gasteiger partial charge on any atom is -0.354 e. The minimum atomic E-state index is -0.383. The van der Waals surface area contributed by atoms with E-state index in [4.69, 9.17) is 0 Å². The van der Waals surface area contributed by atoms with Crippen LogP contribution in [0.4, 0.5) is 0 Å². The van der Waals surface area contributed by atoms with Crippen LogP contribution < -0.4 is 10.6 Å². The average Bonchev–Trinajstić information content (AvgIpc) is 3.23. The molecule has 1 aromatic heterocycles. The fourth-order valence-corrected chi connectivity index (χ4v) is 3.94. The van der Waals surface area contributed by atoms with Crippen molar-refractivity contribution in [2.45, 2.75) is 20.3 Å². The predicted molar refractivity (Wildman–Crippen MR) is 112 cm³/mol. The fraction of sp³-hybridized carbons (Fsp3) is 0.318. The zero-order valence-corrected chi connectivity index (χ0v) is 16.6. The normalized spacial score (nSPS) is 13.3. The Labute approximate surface area is 168 Å². The molecule has 4 rings (SSSR count). The summed E-state index contributed by atoms with van der Waals surface area (Å²) in [7, 11) is 0. The largest absolute Gasteiger partial charge is 0.354 e. The Morgan fingerprint density at radius 2 is 1.83 bits per heavy atom. The highest BCUT2D eigenvalue weighted by atomic mass is 16.2. The van der Waals surface area contributed by atoms with Crippen molar-refractivity contribution in [3.8, 4) is 0 Å². The summed E-state index contributed by atoms with van der Waals surface area (Å²) in [6, 6.07) is 8.81. The molecule has 7 heteroatoms. The summed E-state index contributed by atoms with van der Waals surface area (Å²) in [4.78, 5) is 42.3. The number of carbonyl (C=O) groups is 3. The van der Waals surface area contributed by atoms with E-state index in [1.807, 2.05) is 6.07 Å². The Balaban J connectivity index is 1.57. The third-order valence-corrected chi connectivity index (χ3v) is 5.56. The Morgan fingerprint density at radius 1 is 1.03 bits per heavy atom. The fourth-order valence-electron chi connectivity index (χ4n) is 3.94. The Kier molecular flexibility index (Phi) is 5.07. The van der Waals surface area contributed by atoms with Gasteiger partial charge in [0.2, 0.25) is 0 Å². The number of rotatable bonds is 7. The molecule has 7 nitrogen and oxygen atoms in total. The van der Waals surface area contributed by atoms with Crippen molar-refractivity contribution in [2.75, 3.05) is 26.2 Å². The molecule has 1 aliphatic rings. The highest BCUT2D eigenvalue weighted by molar-refractivity contribution is 6.30. The van der Waals surface area contributed by atoms with Gasteiger partial charge < -0.3 is 15.2 Å². The summed E-state index contributed by atoms with van der Waals surface area (Å²) in [5, 5.41) is 6.85. The smallest absolute Gasteiger partial charge is 0.259 e. The molecular formula is C22H24N4O3. The van der Waals surface area contributed by atoms with Crippen LogP contribution in [-0.2, 0) is 0 Å². The average molecular weight is 392 g/mol. The van der Waals surface area contributed by atoms with Gasteiger partial charge in [0.15, 0.2) is 0 Å². The quantitative estimate of drug-likeness (QED) is 0.426. The summed E-state index contributed by atoms with van der Waals surface area (Å²) in [6.07, 6.45) is 0.900. The number of H-pyrrole nitrogens is 1. The SMILES string of the molecule is CCN(CC)CCCNC(=O)c1ccc2c(c1)[nH]c1ccc3c(c12)C(=O)NC3=O. The zero-order chi connectivity index (χ0) is 20.5. The number of amides is 3. The van der Waals surface area contributed by atoms with Crippen molar-refractivity contribution in [1.82, 2.24) is 20.5 Å².